The lowest BCUT2D eigenvalue weighted by Gasteiger charge is -2.70. The smallest absolute Gasteiger partial charge is 0.370 e. The number of hydrogen-bond acceptors (Lipinski definition) is 7. The highest BCUT2D eigenvalue weighted by molar-refractivity contribution is 5.77. The van der Waals surface area contributed by atoms with Crippen molar-refractivity contribution < 1.29 is 17.9 Å². The molecule has 3 aromatic rings. The Morgan fingerprint density at radius 1 is 1.03 bits per heavy atom. The quantitative estimate of drug-likeness (QED) is 0.565. The fourth-order valence-electron chi connectivity index (χ4n) is 5.75. The van der Waals surface area contributed by atoms with E-state index in [4.69, 9.17) is 14.7 Å². The monoisotopic (exact) mass is 470 g/mol. The number of nitrogens with zero attached hydrogens (tertiary/aromatic N) is 6. The van der Waals surface area contributed by atoms with E-state index < -0.39 is 17.0 Å². The van der Waals surface area contributed by atoms with Crippen molar-refractivity contribution in [2.75, 3.05) is 24.6 Å². The predicted octanol–water partition coefficient (Wildman–Crippen LogP) is 4.30. The van der Waals surface area contributed by atoms with E-state index >= 15 is 0 Å². The minimum atomic E-state index is -4.18. The minimum Gasteiger partial charge on any atom is -0.370 e. The third-order valence-corrected chi connectivity index (χ3v) is 7.71. The zero-order valence-corrected chi connectivity index (χ0v) is 19.3. The zero-order valence-electron chi connectivity index (χ0n) is 19.3. The van der Waals surface area contributed by atoms with Gasteiger partial charge in [-0.3, -0.25) is 4.98 Å². The third kappa shape index (κ3) is 3.10. The maximum Gasteiger partial charge on any atom is 0.394 e. The lowest BCUT2D eigenvalue weighted by atomic mass is 9.34. The van der Waals surface area contributed by atoms with Crippen molar-refractivity contribution in [1.29, 1.82) is 0 Å². The van der Waals surface area contributed by atoms with Crippen molar-refractivity contribution in [3.05, 3.63) is 46.7 Å². The van der Waals surface area contributed by atoms with Gasteiger partial charge in [-0.15, -0.1) is 0 Å². The van der Waals surface area contributed by atoms with Crippen molar-refractivity contribution in [3.8, 4) is 0 Å². The highest BCUT2D eigenvalue weighted by atomic mass is 19.4. The molecular formula is C24H25F3N6O. The second-order valence-electron chi connectivity index (χ2n) is 10.1. The first kappa shape index (κ1) is 21.6. The van der Waals surface area contributed by atoms with Crippen LogP contribution in [0.2, 0.25) is 0 Å². The molecule has 1 saturated heterocycles. The van der Waals surface area contributed by atoms with Crippen molar-refractivity contribution in [2.45, 2.75) is 57.7 Å². The highest BCUT2D eigenvalue weighted by Gasteiger charge is 2.79. The highest BCUT2D eigenvalue weighted by Crippen LogP contribution is 2.78. The van der Waals surface area contributed by atoms with Gasteiger partial charge in [0.05, 0.1) is 35.6 Å². The van der Waals surface area contributed by atoms with Crippen LogP contribution < -0.4 is 4.90 Å². The fourth-order valence-corrected chi connectivity index (χ4v) is 5.75. The summed E-state index contributed by atoms with van der Waals surface area (Å²) in [5.74, 6) is 0.477. The van der Waals surface area contributed by atoms with E-state index in [0.29, 0.717) is 42.5 Å². The number of ether oxygens (including phenoxy) is 1. The van der Waals surface area contributed by atoms with Crippen LogP contribution >= 0.6 is 0 Å². The van der Waals surface area contributed by atoms with Gasteiger partial charge < -0.3 is 9.64 Å². The molecule has 1 atom stereocenters. The standard InChI is InChI=1S/C24H25F3N6O/c1-13-8-16(4-5-28-13)17-9-33(6-7-34-17)21-31-19(18-20(32-21)30-15(3)14(2)29-18)22-10-23(11-22,12-22)24(25,26)27/h4-5,8,17H,6-7,9-12H2,1-3H3. The molecule has 4 aliphatic rings. The van der Waals surface area contributed by atoms with E-state index in [1.165, 1.54) is 0 Å². The average Bonchev–Trinajstić information content (AvgIpc) is 2.72. The second kappa shape index (κ2) is 7.07. The summed E-state index contributed by atoms with van der Waals surface area (Å²) in [7, 11) is 0. The van der Waals surface area contributed by atoms with Crippen molar-refractivity contribution >= 4 is 17.1 Å². The first-order chi connectivity index (χ1) is 16.1. The molecule has 0 radical (unpaired) electrons. The average molecular weight is 470 g/mol. The Morgan fingerprint density at radius 2 is 1.76 bits per heavy atom. The second-order valence-corrected chi connectivity index (χ2v) is 10.1. The van der Waals surface area contributed by atoms with Crippen LogP contribution in [-0.2, 0) is 10.2 Å². The number of hydrogen-bond donors (Lipinski definition) is 0. The topological polar surface area (TPSA) is 76.9 Å². The Labute approximate surface area is 194 Å². The van der Waals surface area contributed by atoms with Crippen LogP contribution in [0, 0.1) is 26.2 Å². The molecule has 0 N–H and O–H groups in total. The molecule has 0 amide bonds. The van der Waals surface area contributed by atoms with Crippen LogP contribution in [0.25, 0.3) is 11.2 Å². The van der Waals surface area contributed by atoms with Gasteiger partial charge in [0.25, 0.3) is 0 Å². The fraction of sp³-hybridized carbons (Fsp3) is 0.542. The molecule has 34 heavy (non-hydrogen) atoms. The lowest BCUT2D eigenvalue weighted by Crippen LogP contribution is -2.70. The Balaban J connectivity index is 1.39. The molecule has 1 unspecified atom stereocenters. The van der Waals surface area contributed by atoms with Crippen LogP contribution in [0.1, 0.15) is 53.7 Å². The molecule has 3 saturated carbocycles. The van der Waals surface area contributed by atoms with E-state index in [1.807, 2.05) is 37.8 Å². The molecule has 0 aromatic carbocycles. The Morgan fingerprint density at radius 3 is 2.47 bits per heavy atom. The molecule has 7 nitrogen and oxygen atoms in total. The number of halogens is 3. The van der Waals surface area contributed by atoms with Gasteiger partial charge in [0.2, 0.25) is 5.95 Å². The largest absolute Gasteiger partial charge is 0.394 e. The van der Waals surface area contributed by atoms with Crippen molar-refractivity contribution in [2.24, 2.45) is 5.41 Å². The zero-order chi connectivity index (χ0) is 23.9. The first-order valence-electron chi connectivity index (χ1n) is 11.5. The Hall–Kier alpha value is -2.88. The molecule has 10 heteroatoms. The number of alkyl halides is 3. The van der Waals surface area contributed by atoms with Crippen LogP contribution in [0.4, 0.5) is 19.1 Å². The van der Waals surface area contributed by atoms with E-state index in [1.54, 1.807) is 6.20 Å². The Kier molecular flexibility index (Phi) is 4.50. The van der Waals surface area contributed by atoms with Crippen LogP contribution in [0.5, 0.6) is 0 Å². The van der Waals surface area contributed by atoms with Crippen LogP contribution in [-0.4, -0.2) is 50.8 Å². The molecule has 4 fully saturated rings. The number of anilines is 1. The van der Waals surface area contributed by atoms with Crippen LogP contribution in [0.15, 0.2) is 18.3 Å². The molecule has 4 heterocycles. The number of aromatic nitrogens is 5. The molecule has 178 valence electrons. The summed E-state index contributed by atoms with van der Waals surface area (Å²) < 4.78 is 46.7. The summed E-state index contributed by atoms with van der Waals surface area (Å²) in [5, 5.41) is 0. The maximum absolute atomic E-state index is 13.6. The van der Waals surface area contributed by atoms with Gasteiger partial charge in [-0.25, -0.2) is 15.0 Å². The number of aryl methyl sites for hydroxylation is 3. The molecule has 0 spiro atoms. The normalized spacial score (nSPS) is 28.5. The van der Waals surface area contributed by atoms with E-state index in [9.17, 15) is 13.2 Å². The molecule has 2 bridgehead atoms. The molecule has 1 aliphatic heterocycles. The molecule has 3 aromatic heterocycles. The summed E-state index contributed by atoms with van der Waals surface area (Å²) in [5.41, 5.74) is 2.82. The third-order valence-electron chi connectivity index (χ3n) is 7.71. The summed E-state index contributed by atoms with van der Waals surface area (Å²) in [6.45, 7) is 7.25. The van der Waals surface area contributed by atoms with E-state index in [2.05, 4.69) is 15.0 Å². The first-order valence-corrected chi connectivity index (χ1v) is 11.5. The summed E-state index contributed by atoms with van der Waals surface area (Å²) in [6, 6.07) is 3.93. The SMILES string of the molecule is Cc1cc(C2CN(c3nc(C45CC(C(F)(F)F)(C4)C5)c4nc(C)c(C)nc4n3)CCO2)ccn1. The van der Waals surface area contributed by atoms with Crippen molar-refractivity contribution in [3.63, 3.8) is 0 Å². The Bertz CT molecular complexity index is 1290. The number of morpholine rings is 1. The van der Waals surface area contributed by atoms with Gasteiger partial charge in [0.1, 0.15) is 11.6 Å². The van der Waals surface area contributed by atoms with E-state index in [0.717, 1.165) is 22.6 Å². The lowest BCUT2D eigenvalue weighted by molar-refractivity contribution is -0.337. The van der Waals surface area contributed by atoms with Gasteiger partial charge in [0, 0.05) is 23.9 Å². The molecule has 3 aliphatic carbocycles. The number of pyridine rings is 1. The van der Waals surface area contributed by atoms with Gasteiger partial charge >= 0.3 is 6.18 Å². The summed E-state index contributed by atoms with van der Waals surface area (Å²) in [6.07, 6.45) is -2.41. The summed E-state index contributed by atoms with van der Waals surface area (Å²) in [4.78, 5) is 25.2. The van der Waals surface area contributed by atoms with Crippen molar-refractivity contribution in [1.82, 2.24) is 24.9 Å². The maximum atomic E-state index is 13.6. The molecule has 7 rings (SSSR count). The van der Waals surface area contributed by atoms with Gasteiger partial charge in [-0.2, -0.15) is 18.2 Å². The summed E-state index contributed by atoms with van der Waals surface area (Å²) >= 11 is 0. The van der Waals surface area contributed by atoms with Gasteiger partial charge in [-0.05, 0) is 57.7 Å². The van der Waals surface area contributed by atoms with Crippen LogP contribution in [0.3, 0.4) is 0 Å². The number of rotatable bonds is 3. The van der Waals surface area contributed by atoms with Gasteiger partial charge in [0.15, 0.2) is 5.65 Å². The van der Waals surface area contributed by atoms with E-state index in [-0.39, 0.29) is 25.4 Å². The number of fused-ring (bicyclic) bond motifs is 1. The predicted molar refractivity (Wildman–Crippen MR) is 118 cm³/mol. The minimum absolute atomic E-state index is 0.0612. The molecular weight excluding hydrogens is 445 g/mol. The van der Waals surface area contributed by atoms with Gasteiger partial charge in [-0.1, -0.05) is 0 Å².